The van der Waals surface area contributed by atoms with Crippen molar-refractivity contribution in [2.45, 2.75) is 18.6 Å². The molecule has 0 fully saturated rings. The minimum absolute atomic E-state index is 0.0182. The number of nitrogens with zero attached hydrogens (tertiary/aromatic N) is 3. The largest absolute Gasteiger partial charge is 0.478 e. The van der Waals surface area contributed by atoms with Gasteiger partial charge >= 0.3 is 12.1 Å². The molecule has 4 aromatic rings. The Balaban J connectivity index is 1.71. The number of amides is 1. The molecule has 0 aliphatic rings. The summed E-state index contributed by atoms with van der Waals surface area (Å²) in [4.78, 5) is 42.3. The van der Waals surface area contributed by atoms with Crippen LogP contribution in [0.1, 0.15) is 22.0 Å². The molecule has 43 heavy (non-hydrogen) atoms. The van der Waals surface area contributed by atoms with Crippen molar-refractivity contribution < 1.29 is 27.9 Å². The zero-order valence-corrected chi connectivity index (χ0v) is 22.9. The van der Waals surface area contributed by atoms with Gasteiger partial charge in [-0.2, -0.15) is 13.2 Å². The van der Waals surface area contributed by atoms with Gasteiger partial charge < -0.3 is 16.2 Å². The van der Waals surface area contributed by atoms with Gasteiger partial charge in [-0.25, -0.2) is 15.6 Å². The second-order valence-corrected chi connectivity index (χ2v) is 9.68. The summed E-state index contributed by atoms with van der Waals surface area (Å²) in [6.45, 7) is 0. The van der Waals surface area contributed by atoms with Gasteiger partial charge in [0.05, 0.1) is 23.3 Å². The van der Waals surface area contributed by atoms with Crippen LogP contribution in [0, 0.1) is 0 Å². The SMILES string of the molecule is N/C(=C\N(N)c1ccc(Cl)cc1-c1cc(=O)n(C(Cc2ccccc2)C(=O)Nc2ccc(C(=O)O)cc2)cn1)C(F)(F)F. The normalized spacial score (nSPS) is 12.4. The topological polar surface area (TPSA) is 157 Å². The molecular formula is C29H24ClF3N6O4. The molecule has 0 radical (unpaired) electrons. The Labute approximate surface area is 247 Å². The molecular weight excluding hydrogens is 589 g/mol. The minimum Gasteiger partial charge on any atom is -0.478 e. The Bertz CT molecular complexity index is 1730. The third-order valence-electron chi connectivity index (χ3n) is 6.26. The predicted molar refractivity (Wildman–Crippen MR) is 155 cm³/mol. The number of benzene rings is 3. The number of anilines is 2. The number of carboxylic acids is 1. The first-order chi connectivity index (χ1) is 20.3. The van der Waals surface area contributed by atoms with E-state index in [1.807, 2.05) is 0 Å². The molecule has 0 aliphatic carbocycles. The molecule has 0 aliphatic heterocycles. The highest BCUT2D eigenvalue weighted by atomic mass is 35.5. The van der Waals surface area contributed by atoms with E-state index in [0.29, 0.717) is 16.9 Å². The fourth-order valence-electron chi connectivity index (χ4n) is 4.10. The van der Waals surface area contributed by atoms with Gasteiger partial charge in [-0.15, -0.1) is 0 Å². The summed E-state index contributed by atoms with van der Waals surface area (Å²) in [6, 6.07) is 18.5. The lowest BCUT2D eigenvalue weighted by Crippen LogP contribution is -2.35. The Hall–Kier alpha value is -5.14. The highest BCUT2D eigenvalue weighted by molar-refractivity contribution is 6.31. The zero-order chi connectivity index (χ0) is 31.3. The molecule has 1 atom stereocenters. The Kier molecular flexibility index (Phi) is 9.17. The van der Waals surface area contributed by atoms with Crippen molar-refractivity contribution in [3.63, 3.8) is 0 Å². The lowest BCUT2D eigenvalue weighted by Gasteiger charge is -2.21. The molecule has 222 valence electrons. The van der Waals surface area contributed by atoms with E-state index in [0.717, 1.165) is 22.5 Å². The molecule has 14 heteroatoms. The summed E-state index contributed by atoms with van der Waals surface area (Å²) in [7, 11) is 0. The second-order valence-electron chi connectivity index (χ2n) is 9.25. The van der Waals surface area contributed by atoms with E-state index in [4.69, 9.17) is 28.3 Å². The summed E-state index contributed by atoms with van der Waals surface area (Å²) >= 11 is 6.13. The van der Waals surface area contributed by atoms with Crippen LogP contribution in [-0.4, -0.2) is 32.7 Å². The van der Waals surface area contributed by atoms with Crippen molar-refractivity contribution in [2.75, 3.05) is 10.3 Å². The molecule has 1 amide bonds. The Morgan fingerprint density at radius 1 is 1.07 bits per heavy atom. The number of carbonyl (C=O) groups is 2. The van der Waals surface area contributed by atoms with Crippen LogP contribution in [-0.2, 0) is 11.2 Å². The van der Waals surface area contributed by atoms with E-state index in [1.54, 1.807) is 30.3 Å². The minimum atomic E-state index is -4.82. The number of rotatable bonds is 9. The third-order valence-corrected chi connectivity index (χ3v) is 6.50. The highest BCUT2D eigenvalue weighted by Gasteiger charge is 2.32. The molecule has 4 rings (SSSR count). The number of hydrazine groups is 1. The van der Waals surface area contributed by atoms with Crippen molar-refractivity contribution >= 4 is 34.9 Å². The van der Waals surface area contributed by atoms with Crippen molar-refractivity contribution in [1.82, 2.24) is 9.55 Å². The van der Waals surface area contributed by atoms with Gasteiger partial charge in [0.1, 0.15) is 11.7 Å². The van der Waals surface area contributed by atoms with Gasteiger partial charge in [0, 0.05) is 35.0 Å². The summed E-state index contributed by atoms with van der Waals surface area (Å²) in [5, 5.41) is 12.7. The van der Waals surface area contributed by atoms with Crippen molar-refractivity contribution in [1.29, 1.82) is 0 Å². The van der Waals surface area contributed by atoms with Crippen LogP contribution in [0.25, 0.3) is 11.3 Å². The fraction of sp³-hybridized carbons (Fsp3) is 0.103. The van der Waals surface area contributed by atoms with Crippen LogP contribution >= 0.6 is 11.6 Å². The first-order valence-electron chi connectivity index (χ1n) is 12.5. The Morgan fingerprint density at radius 3 is 2.35 bits per heavy atom. The first-order valence-corrected chi connectivity index (χ1v) is 12.9. The number of halogens is 4. The number of carbonyl (C=O) groups excluding carboxylic acids is 1. The third kappa shape index (κ3) is 7.58. The van der Waals surface area contributed by atoms with Crippen LogP contribution in [0.2, 0.25) is 5.02 Å². The van der Waals surface area contributed by atoms with Crippen molar-refractivity contribution in [3.05, 3.63) is 124 Å². The first kappa shape index (κ1) is 30.8. The molecule has 6 N–H and O–H groups in total. The number of alkyl halides is 3. The van der Waals surface area contributed by atoms with Gasteiger partial charge in [0.15, 0.2) is 0 Å². The number of hydrogen-bond acceptors (Lipinski definition) is 7. The van der Waals surface area contributed by atoms with Crippen LogP contribution in [0.15, 0.2) is 102 Å². The maximum absolute atomic E-state index is 13.4. The van der Waals surface area contributed by atoms with Crippen LogP contribution < -0.4 is 27.5 Å². The van der Waals surface area contributed by atoms with Gasteiger partial charge in [-0.05, 0) is 48.0 Å². The molecule has 0 saturated heterocycles. The maximum atomic E-state index is 13.4. The van der Waals surface area contributed by atoms with E-state index in [2.05, 4.69) is 10.3 Å². The molecule has 0 saturated carbocycles. The number of nitrogens with two attached hydrogens (primary N) is 2. The van der Waals surface area contributed by atoms with Gasteiger partial charge in [0.2, 0.25) is 5.91 Å². The van der Waals surface area contributed by atoms with E-state index in [1.165, 1.54) is 42.5 Å². The zero-order valence-electron chi connectivity index (χ0n) is 22.1. The molecule has 1 heterocycles. The van der Waals surface area contributed by atoms with Crippen LogP contribution in [0.3, 0.4) is 0 Å². The average Bonchev–Trinajstić information content (AvgIpc) is 2.96. The van der Waals surface area contributed by atoms with Gasteiger partial charge in [-0.3, -0.25) is 19.2 Å². The quantitative estimate of drug-likeness (QED) is 0.156. The molecule has 0 spiro atoms. The smallest absolute Gasteiger partial charge is 0.432 e. The monoisotopic (exact) mass is 612 g/mol. The molecule has 0 bridgehead atoms. The number of allylic oxidation sites excluding steroid dienone is 1. The molecule has 1 aromatic heterocycles. The average molecular weight is 613 g/mol. The lowest BCUT2D eigenvalue weighted by molar-refractivity contribution is -0.119. The van der Waals surface area contributed by atoms with Crippen LogP contribution in [0.5, 0.6) is 0 Å². The predicted octanol–water partition coefficient (Wildman–Crippen LogP) is 4.73. The number of nitrogens with one attached hydrogen (secondary N) is 1. The summed E-state index contributed by atoms with van der Waals surface area (Å²) in [5.74, 6) is 4.16. The van der Waals surface area contributed by atoms with E-state index < -0.39 is 35.4 Å². The number of aromatic nitrogens is 2. The fourth-order valence-corrected chi connectivity index (χ4v) is 4.27. The number of hydrogen-bond donors (Lipinski definition) is 4. The van der Waals surface area contributed by atoms with Crippen molar-refractivity contribution in [3.8, 4) is 11.3 Å². The van der Waals surface area contributed by atoms with E-state index in [9.17, 15) is 27.6 Å². The van der Waals surface area contributed by atoms with Gasteiger partial charge in [-0.1, -0.05) is 41.9 Å². The highest BCUT2D eigenvalue weighted by Crippen LogP contribution is 2.32. The number of carboxylic acid groups (broad SMARTS) is 1. The molecule has 10 nitrogen and oxygen atoms in total. The summed E-state index contributed by atoms with van der Waals surface area (Å²) < 4.78 is 40.1. The summed E-state index contributed by atoms with van der Waals surface area (Å²) in [6.07, 6.45) is -3.10. The maximum Gasteiger partial charge on any atom is 0.432 e. The van der Waals surface area contributed by atoms with E-state index >= 15 is 0 Å². The summed E-state index contributed by atoms with van der Waals surface area (Å²) in [5.41, 5.74) is 4.26. The van der Waals surface area contributed by atoms with E-state index in [-0.39, 0.29) is 34.0 Å². The Morgan fingerprint density at radius 2 is 1.74 bits per heavy atom. The molecule has 3 aromatic carbocycles. The van der Waals surface area contributed by atoms with Crippen molar-refractivity contribution in [2.24, 2.45) is 11.6 Å². The lowest BCUT2D eigenvalue weighted by atomic mass is 10.0. The molecule has 1 unspecified atom stereocenters. The van der Waals surface area contributed by atoms with Crippen LogP contribution in [0.4, 0.5) is 24.5 Å². The second kappa shape index (κ2) is 12.8. The van der Waals surface area contributed by atoms with Gasteiger partial charge in [0.25, 0.3) is 5.56 Å². The number of aromatic carboxylic acids is 1. The standard InChI is InChI=1S/C29H24ClF3N6O4/c30-19-8-11-23(39(35)15-25(34)29(31,32)33)21(13-19)22-14-26(40)38(16-36-22)24(12-17-4-2-1-3-5-17)27(41)37-20-9-6-18(7-10-20)28(42)43/h1-11,13-16,24H,12,34-35H2,(H,37,41)(H,42,43)/b25-15-.